The number of piperidine rings is 1. The Balaban J connectivity index is 1.37. The van der Waals surface area contributed by atoms with Crippen molar-refractivity contribution in [1.82, 2.24) is 19.8 Å². The van der Waals surface area contributed by atoms with Gasteiger partial charge in [-0.2, -0.15) is 0 Å². The number of aryl methyl sites for hydroxylation is 2. The van der Waals surface area contributed by atoms with E-state index in [0.29, 0.717) is 24.2 Å². The molecule has 178 valence electrons. The summed E-state index contributed by atoms with van der Waals surface area (Å²) in [6.07, 6.45) is 3.56. The van der Waals surface area contributed by atoms with Gasteiger partial charge in [0.2, 0.25) is 0 Å². The predicted octanol–water partition coefficient (Wildman–Crippen LogP) is 4.28. The van der Waals surface area contributed by atoms with Crippen LogP contribution >= 0.6 is 11.3 Å². The van der Waals surface area contributed by atoms with Gasteiger partial charge in [-0.15, -0.1) is 11.3 Å². The zero-order valence-electron chi connectivity index (χ0n) is 20.2. The van der Waals surface area contributed by atoms with E-state index in [-0.39, 0.29) is 6.04 Å². The van der Waals surface area contributed by atoms with Crippen LogP contribution in [0.3, 0.4) is 0 Å². The molecular formula is C26H31N5O2S. The summed E-state index contributed by atoms with van der Waals surface area (Å²) in [5, 5.41) is 3.89. The molecule has 2 aromatic heterocycles. The van der Waals surface area contributed by atoms with Crippen LogP contribution in [0.4, 0.5) is 5.82 Å². The van der Waals surface area contributed by atoms with Crippen LogP contribution in [-0.2, 0) is 9.59 Å². The summed E-state index contributed by atoms with van der Waals surface area (Å²) < 4.78 is 1.17. The summed E-state index contributed by atoms with van der Waals surface area (Å²) in [5.41, 5.74) is 4.10. The number of likely N-dealkylation sites (tertiary alicyclic amines) is 2. The van der Waals surface area contributed by atoms with Crippen LogP contribution in [0.1, 0.15) is 53.4 Å². The third-order valence-corrected chi connectivity index (χ3v) is 8.31. The maximum Gasteiger partial charge on any atom is 0.315 e. The summed E-state index contributed by atoms with van der Waals surface area (Å²) in [6, 6.07) is 7.99. The Morgan fingerprint density at radius 1 is 1.09 bits per heavy atom. The molecule has 5 rings (SSSR count). The lowest BCUT2D eigenvalue weighted by atomic mass is 9.89. The van der Waals surface area contributed by atoms with Gasteiger partial charge in [-0.3, -0.25) is 9.59 Å². The number of aromatic nitrogens is 2. The number of nitrogens with one attached hydrogen (secondary N) is 1. The van der Waals surface area contributed by atoms with Crippen LogP contribution in [0.2, 0.25) is 0 Å². The van der Waals surface area contributed by atoms with E-state index in [1.54, 1.807) is 28.5 Å². The van der Waals surface area contributed by atoms with Crippen molar-refractivity contribution in [3.05, 3.63) is 52.2 Å². The standard InChI is InChI=1S/C26H31N5O2S/c1-15-5-7-21(18-6-8-22-20(10-18)28-25(34-22)19-13-30(4)14-19)31(12-15)26(33)24(32)29-23-9-16(2)17(3)11-27-23/h6,8-11,15,19,21H,5,7,12-14H2,1-4H3,(H,27,29,32)/t15-,21+/m0/s1. The molecule has 2 amide bonds. The number of amides is 2. The van der Waals surface area contributed by atoms with Gasteiger partial charge in [0.05, 0.1) is 21.3 Å². The molecule has 2 aliphatic heterocycles. The summed E-state index contributed by atoms with van der Waals surface area (Å²) in [5.74, 6) is 0.121. The van der Waals surface area contributed by atoms with Gasteiger partial charge in [-0.1, -0.05) is 13.0 Å². The molecule has 0 saturated carbocycles. The van der Waals surface area contributed by atoms with Gasteiger partial charge in [-0.05, 0) is 74.5 Å². The molecule has 3 aromatic rings. The van der Waals surface area contributed by atoms with Gasteiger partial charge >= 0.3 is 11.8 Å². The second kappa shape index (κ2) is 9.07. The highest BCUT2D eigenvalue weighted by molar-refractivity contribution is 7.18. The van der Waals surface area contributed by atoms with Crippen LogP contribution < -0.4 is 5.32 Å². The first-order valence-corrected chi connectivity index (χ1v) is 12.7. The van der Waals surface area contributed by atoms with E-state index < -0.39 is 11.8 Å². The van der Waals surface area contributed by atoms with E-state index >= 15 is 0 Å². The zero-order valence-corrected chi connectivity index (χ0v) is 21.0. The van der Waals surface area contributed by atoms with Gasteiger partial charge < -0.3 is 15.1 Å². The smallest absolute Gasteiger partial charge is 0.315 e. The first-order valence-electron chi connectivity index (χ1n) is 11.9. The molecule has 0 radical (unpaired) electrons. The first kappa shape index (κ1) is 22.9. The fourth-order valence-corrected chi connectivity index (χ4v) is 5.95. The number of nitrogens with zero attached hydrogens (tertiary/aromatic N) is 4. The van der Waals surface area contributed by atoms with Gasteiger partial charge in [0.1, 0.15) is 5.82 Å². The monoisotopic (exact) mass is 477 g/mol. The average Bonchev–Trinajstić information content (AvgIpc) is 3.21. The molecule has 4 heterocycles. The second-order valence-electron chi connectivity index (χ2n) is 9.96. The highest BCUT2D eigenvalue weighted by Gasteiger charge is 2.35. The van der Waals surface area contributed by atoms with Crippen molar-refractivity contribution in [2.75, 3.05) is 32.0 Å². The van der Waals surface area contributed by atoms with Crippen LogP contribution in [0.25, 0.3) is 10.2 Å². The topological polar surface area (TPSA) is 78.4 Å². The summed E-state index contributed by atoms with van der Waals surface area (Å²) in [4.78, 5) is 39.4. The first-order chi connectivity index (χ1) is 16.3. The molecule has 0 aliphatic carbocycles. The zero-order chi connectivity index (χ0) is 24.0. The fourth-order valence-electron chi connectivity index (χ4n) is 4.92. The van der Waals surface area contributed by atoms with Crippen molar-refractivity contribution >= 4 is 39.2 Å². The number of pyridine rings is 1. The Morgan fingerprint density at radius 2 is 1.88 bits per heavy atom. The number of carbonyl (C=O) groups excluding carboxylic acids is 2. The largest absolute Gasteiger partial charge is 0.327 e. The van der Waals surface area contributed by atoms with Crippen LogP contribution in [0, 0.1) is 19.8 Å². The number of thiazole rings is 1. The Bertz CT molecular complexity index is 1250. The van der Waals surface area contributed by atoms with E-state index in [1.165, 1.54) is 9.71 Å². The summed E-state index contributed by atoms with van der Waals surface area (Å²) in [7, 11) is 2.13. The van der Waals surface area contributed by atoms with Gasteiger partial charge in [0, 0.05) is 31.7 Å². The fraction of sp³-hybridized carbons (Fsp3) is 0.462. The molecule has 2 aliphatic rings. The minimum atomic E-state index is -0.638. The quantitative estimate of drug-likeness (QED) is 0.570. The molecule has 1 aromatic carbocycles. The number of anilines is 1. The number of benzene rings is 1. The van der Waals surface area contributed by atoms with E-state index in [9.17, 15) is 9.59 Å². The maximum atomic E-state index is 13.3. The maximum absolute atomic E-state index is 13.3. The van der Waals surface area contributed by atoms with E-state index in [2.05, 4.69) is 47.4 Å². The molecule has 8 heteroatoms. The number of carbonyl (C=O) groups is 2. The Kier molecular flexibility index (Phi) is 6.12. The molecule has 2 fully saturated rings. The van der Waals surface area contributed by atoms with Crippen LogP contribution in [0.5, 0.6) is 0 Å². The molecule has 2 atom stereocenters. The Labute approximate surface area is 204 Å². The Morgan fingerprint density at radius 3 is 2.62 bits per heavy atom. The lowest BCUT2D eigenvalue weighted by Gasteiger charge is -2.38. The molecule has 34 heavy (non-hydrogen) atoms. The number of rotatable bonds is 3. The summed E-state index contributed by atoms with van der Waals surface area (Å²) in [6.45, 7) is 8.72. The van der Waals surface area contributed by atoms with E-state index in [1.807, 2.05) is 13.8 Å². The van der Waals surface area contributed by atoms with Crippen molar-refractivity contribution in [1.29, 1.82) is 0 Å². The van der Waals surface area contributed by atoms with Crippen LogP contribution in [0.15, 0.2) is 30.5 Å². The molecule has 0 unspecified atom stereocenters. The van der Waals surface area contributed by atoms with Crippen LogP contribution in [-0.4, -0.2) is 58.3 Å². The molecule has 0 bridgehead atoms. The number of hydrogen-bond donors (Lipinski definition) is 1. The molecule has 7 nitrogen and oxygen atoms in total. The lowest BCUT2D eigenvalue weighted by molar-refractivity contribution is -0.146. The van der Waals surface area contributed by atoms with E-state index in [0.717, 1.165) is 48.1 Å². The van der Waals surface area contributed by atoms with Gasteiger partial charge in [-0.25, -0.2) is 9.97 Å². The molecule has 2 saturated heterocycles. The van der Waals surface area contributed by atoms with Gasteiger partial charge in [0.25, 0.3) is 0 Å². The van der Waals surface area contributed by atoms with Crippen molar-refractivity contribution < 1.29 is 9.59 Å². The number of hydrogen-bond acceptors (Lipinski definition) is 6. The molecule has 0 spiro atoms. The van der Waals surface area contributed by atoms with Crippen molar-refractivity contribution in [2.24, 2.45) is 5.92 Å². The van der Waals surface area contributed by atoms with Crippen molar-refractivity contribution in [3.8, 4) is 0 Å². The third-order valence-electron chi connectivity index (χ3n) is 7.11. The van der Waals surface area contributed by atoms with Crippen molar-refractivity contribution in [3.63, 3.8) is 0 Å². The lowest BCUT2D eigenvalue weighted by Crippen LogP contribution is -2.46. The molecular weight excluding hydrogens is 446 g/mol. The molecule has 1 N–H and O–H groups in total. The predicted molar refractivity (Wildman–Crippen MR) is 135 cm³/mol. The van der Waals surface area contributed by atoms with Gasteiger partial charge in [0.15, 0.2) is 0 Å². The Hall–Kier alpha value is -2.84. The van der Waals surface area contributed by atoms with Crippen molar-refractivity contribution in [2.45, 2.75) is 45.6 Å². The number of fused-ring (bicyclic) bond motifs is 1. The highest BCUT2D eigenvalue weighted by atomic mass is 32.1. The minimum absolute atomic E-state index is 0.133. The summed E-state index contributed by atoms with van der Waals surface area (Å²) >= 11 is 1.76. The highest BCUT2D eigenvalue weighted by Crippen LogP contribution is 2.37. The normalized spacial score (nSPS) is 21.5. The third kappa shape index (κ3) is 4.44. The minimum Gasteiger partial charge on any atom is -0.327 e. The van der Waals surface area contributed by atoms with E-state index in [4.69, 9.17) is 4.98 Å². The second-order valence-corrected chi connectivity index (χ2v) is 11.0. The average molecular weight is 478 g/mol. The number of likely N-dealkylation sites (N-methyl/N-ethyl adjacent to an activating group) is 1. The SMILES string of the molecule is Cc1cnc(NC(=O)C(=O)N2C[C@@H](C)CC[C@@H]2c2ccc3sc(C4CN(C)C4)nc3c2)cc1C.